The number of aryl methyl sites for hydroxylation is 1. The zero-order valence-electron chi connectivity index (χ0n) is 22.7. The van der Waals surface area contributed by atoms with Crippen LogP contribution in [0.15, 0.2) is 114 Å². The van der Waals surface area contributed by atoms with E-state index in [2.05, 4.69) is 55.2 Å². The Morgan fingerprint density at radius 1 is 0.714 bits per heavy atom. The highest BCUT2D eigenvalue weighted by Crippen LogP contribution is 2.41. The maximum Gasteiger partial charge on any atom is 0.139 e. The van der Waals surface area contributed by atoms with E-state index in [1.165, 1.54) is 0 Å². The Kier molecular flexibility index (Phi) is 4.29. The second kappa shape index (κ2) is 8.25. The third-order valence-electron chi connectivity index (χ3n) is 6.90. The van der Waals surface area contributed by atoms with E-state index in [-0.39, 0.29) is 0 Å². The Morgan fingerprint density at radius 2 is 1.49 bits per heavy atom. The van der Waals surface area contributed by atoms with Crippen LogP contribution < -0.4 is 0 Å². The third kappa shape index (κ3) is 3.72. The van der Waals surface area contributed by atoms with Crippen LogP contribution in [-0.2, 0) is 5.41 Å². The van der Waals surface area contributed by atoms with Crippen LogP contribution in [0, 0.1) is 6.85 Å². The summed E-state index contributed by atoms with van der Waals surface area (Å²) < 4.78 is 31.0. The van der Waals surface area contributed by atoms with Gasteiger partial charge in [-0.15, -0.1) is 0 Å². The molecule has 0 radical (unpaired) electrons. The summed E-state index contributed by atoms with van der Waals surface area (Å²) in [5.74, 6) is 0. The van der Waals surface area contributed by atoms with E-state index < -0.39 is 12.3 Å². The van der Waals surface area contributed by atoms with Crippen molar-refractivity contribution in [2.45, 2.75) is 26.1 Å². The Bertz CT molecular complexity index is 1770. The van der Waals surface area contributed by atoms with Gasteiger partial charge < -0.3 is 4.42 Å². The van der Waals surface area contributed by atoms with Gasteiger partial charge in [-0.25, -0.2) is 0 Å². The van der Waals surface area contributed by atoms with Gasteiger partial charge >= 0.3 is 0 Å². The van der Waals surface area contributed by atoms with Crippen molar-refractivity contribution in [1.82, 2.24) is 4.98 Å². The SMILES string of the molecule is [2H]C([2H])([2H])c1cc(C(C)(C)c2ccccc2)c2oc3ccc(-c4cc(-c5ccccc5)ccn4)cc3c2c1. The number of furan rings is 1. The molecule has 6 aromatic rings. The summed E-state index contributed by atoms with van der Waals surface area (Å²) in [6.45, 7) is 1.97. The lowest BCUT2D eigenvalue weighted by atomic mass is 9.77. The van der Waals surface area contributed by atoms with Crippen LogP contribution in [-0.4, -0.2) is 4.98 Å². The molecule has 0 bridgehead atoms. The molecule has 0 aliphatic rings. The number of aromatic nitrogens is 1. The number of hydrogen-bond donors (Lipinski definition) is 0. The first-order valence-electron chi connectivity index (χ1n) is 13.3. The molecule has 2 aromatic heterocycles. The number of nitrogens with zero attached hydrogens (tertiary/aromatic N) is 1. The van der Waals surface area contributed by atoms with Crippen LogP contribution in [0.1, 0.15) is 34.7 Å². The fourth-order valence-electron chi connectivity index (χ4n) is 4.91. The predicted molar refractivity (Wildman–Crippen MR) is 146 cm³/mol. The zero-order valence-corrected chi connectivity index (χ0v) is 19.7. The monoisotopic (exact) mass is 456 g/mol. The summed E-state index contributed by atoms with van der Waals surface area (Å²) in [6, 6.07) is 34.0. The highest BCUT2D eigenvalue weighted by molar-refractivity contribution is 6.07. The molecule has 0 spiro atoms. The summed E-state index contributed by atoms with van der Waals surface area (Å²) in [7, 11) is 0. The van der Waals surface area contributed by atoms with Crippen molar-refractivity contribution in [3.05, 3.63) is 126 Å². The van der Waals surface area contributed by atoms with Crippen molar-refractivity contribution in [1.29, 1.82) is 0 Å². The molecule has 0 fully saturated rings. The van der Waals surface area contributed by atoms with E-state index in [0.29, 0.717) is 11.1 Å². The summed E-state index contributed by atoms with van der Waals surface area (Å²) in [4.78, 5) is 4.64. The molecule has 0 unspecified atom stereocenters. The minimum Gasteiger partial charge on any atom is -0.456 e. The number of pyridine rings is 1. The Hall–Kier alpha value is -4.17. The van der Waals surface area contributed by atoms with E-state index in [4.69, 9.17) is 8.53 Å². The third-order valence-corrected chi connectivity index (χ3v) is 6.90. The fraction of sp³-hybridized carbons (Fsp3) is 0.121. The fourth-order valence-corrected chi connectivity index (χ4v) is 4.91. The smallest absolute Gasteiger partial charge is 0.139 e. The van der Waals surface area contributed by atoms with Crippen LogP contribution in [0.4, 0.5) is 0 Å². The number of benzene rings is 4. The molecule has 0 N–H and O–H groups in total. The normalized spacial score (nSPS) is 13.5. The summed E-state index contributed by atoms with van der Waals surface area (Å²) in [6.07, 6.45) is 1.82. The lowest BCUT2D eigenvalue weighted by Gasteiger charge is -2.26. The highest BCUT2D eigenvalue weighted by Gasteiger charge is 2.28. The van der Waals surface area contributed by atoms with Crippen molar-refractivity contribution in [3.8, 4) is 22.4 Å². The van der Waals surface area contributed by atoms with Crippen LogP contribution in [0.3, 0.4) is 0 Å². The van der Waals surface area contributed by atoms with Crippen molar-refractivity contribution in [2.75, 3.05) is 0 Å². The molecule has 0 aliphatic carbocycles. The Balaban J connectivity index is 1.57. The van der Waals surface area contributed by atoms with E-state index >= 15 is 0 Å². The van der Waals surface area contributed by atoms with Crippen LogP contribution in [0.2, 0.25) is 0 Å². The maximum absolute atomic E-state index is 8.19. The lowest BCUT2D eigenvalue weighted by molar-refractivity contribution is 0.607. The molecule has 6 rings (SSSR count). The quantitative estimate of drug-likeness (QED) is 0.265. The Morgan fingerprint density at radius 3 is 2.26 bits per heavy atom. The molecule has 170 valence electrons. The van der Waals surface area contributed by atoms with Gasteiger partial charge in [-0.2, -0.15) is 0 Å². The number of rotatable bonds is 4. The van der Waals surface area contributed by atoms with Gasteiger partial charge in [0.05, 0.1) is 5.69 Å². The van der Waals surface area contributed by atoms with E-state index in [1.54, 1.807) is 12.1 Å². The van der Waals surface area contributed by atoms with E-state index in [0.717, 1.165) is 49.9 Å². The average molecular weight is 457 g/mol. The highest BCUT2D eigenvalue weighted by atomic mass is 16.3. The van der Waals surface area contributed by atoms with Gasteiger partial charge in [0.25, 0.3) is 0 Å². The predicted octanol–water partition coefficient (Wildman–Crippen LogP) is 8.95. The molecular formula is C33H27NO. The molecule has 0 amide bonds. The molecule has 4 aromatic carbocycles. The van der Waals surface area contributed by atoms with Gasteiger partial charge in [-0.1, -0.05) is 80.6 Å². The molecule has 0 saturated carbocycles. The first-order chi connectivity index (χ1) is 18.2. The summed E-state index contributed by atoms with van der Waals surface area (Å²) >= 11 is 0. The molecule has 0 saturated heterocycles. The summed E-state index contributed by atoms with van der Waals surface area (Å²) in [5, 5.41) is 1.68. The first kappa shape index (κ1) is 18.2. The second-order valence-corrected chi connectivity index (χ2v) is 9.50. The maximum atomic E-state index is 8.19. The topological polar surface area (TPSA) is 26.0 Å². The Labute approximate surface area is 210 Å². The van der Waals surface area contributed by atoms with Crippen LogP contribution in [0.5, 0.6) is 0 Å². The molecule has 2 heteroatoms. The van der Waals surface area contributed by atoms with Crippen molar-refractivity contribution >= 4 is 21.9 Å². The van der Waals surface area contributed by atoms with E-state index in [9.17, 15) is 0 Å². The zero-order chi connectivity index (χ0) is 26.5. The second-order valence-electron chi connectivity index (χ2n) is 9.50. The van der Waals surface area contributed by atoms with Crippen molar-refractivity contribution in [2.24, 2.45) is 0 Å². The van der Waals surface area contributed by atoms with Gasteiger partial charge in [0, 0.05) is 37.6 Å². The standard InChI is InChI=1S/C33H27NO/c1-22-18-28-27-20-25(30-21-24(16-17-34-30)23-10-6-4-7-11-23)14-15-31(27)35-32(28)29(19-22)33(2,3)26-12-8-5-9-13-26/h4-21H,1-3H3/i1D3. The van der Waals surface area contributed by atoms with Crippen molar-refractivity contribution in [3.63, 3.8) is 0 Å². The average Bonchev–Trinajstić information content (AvgIpc) is 3.31. The van der Waals surface area contributed by atoms with Gasteiger partial charge in [0.1, 0.15) is 11.2 Å². The molecule has 0 aliphatic heterocycles. The molecule has 0 atom stereocenters. The summed E-state index contributed by atoms with van der Waals surface area (Å²) in [5.41, 5.74) is 7.22. The first-order valence-corrected chi connectivity index (χ1v) is 11.8. The largest absolute Gasteiger partial charge is 0.456 e. The van der Waals surface area contributed by atoms with Crippen LogP contribution >= 0.6 is 0 Å². The minimum absolute atomic E-state index is 0.307. The van der Waals surface area contributed by atoms with Gasteiger partial charge in [-0.05, 0) is 65.5 Å². The lowest BCUT2D eigenvalue weighted by Crippen LogP contribution is -2.19. The van der Waals surface area contributed by atoms with E-state index in [1.807, 2.05) is 60.8 Å². The van der Waals surface area contributed by atoms with Gasteiger partial charge in [-0.3, -0.25) is 4.98 Å². The van der Waals surface area contributed by atoms with Gasteiger partial charge in [0.15, 0.2) is 0 Å². The number of hydrogen-bond acceptors (Lipinski definition) is 2. The molecule has 35 heavy (non-hydrogen) atoms. The molecule has 2 heterocycles. The molecule has 2 nitrogen and oxygen atoms in total. The molecular weight excluding hydrogens is 426 g/mol. The van der Waals surface area contributed by atoms with Crippen molar-refractivity contribution < 1.29 is 8.53 Å². The van der Waals surface area contributed by atoms with Gasteiger partial charge in [0.2, 0.25) is 0 Å². The number of fused-ring (bicyclic) bond motifs is 3. The van der Waals surface area contributed by atoms with Crippen LogP contribution in [0.25, 0.3) is 44.3 Å². The minimum atomic E-state index is -2.25.